The van der Waals surface area contributed by atoms with Gasteiger partial charge in [0.05, 0.1) is 12.2 Å². The molecule has 0 saturated carbocycles. The summed E-state index contributed by atoms with van der Waals surface area (Å²) >= 11 is 1.36. The first-order chi connectivity index (χ1) is 15.1. The van der Waals surface area contributed by atoms with Crippen LogP contribution in [-0.2, 0) is 4.74 Å². The maximum atomic E-state index is 9.91. The number of ether oxygens (including phenoxy) is 2. The molecule has 1 heterocycles. The molecular weight excluding hydrogens is 410 g/mol. The predicted octanol–water partition coefficient (Wildman–Crippen LogP) is 4.66. The summed E-state index contributed by atoms with van der Waals surface area (Å²) < 4.78 is 10.6. The highest BCUT2D eigenvalue weighted by atomic mass is 32.2. The smallest absolute Gasteiger partial charge is 0.145 e. The normalized spacial score (nSPS) is 10.3. The minimum absolute atomic E-state index is 0. The number of methoxy groups -OCH3 is 1. The topological polar surface area (TPSA) is 115 Å². The number of hydrogen-bond donors (Lipinski definition) is 2. The SMILES string of the molecule is C=C(/C=C\C=N)CSc1nc(NC)c(C#N)c(-c2ccc(OCCOC)cc2)c1C#N.[HH]. The summed E-state index contributed by atoms with van der Waals surface area (Å²) in [6, 6.07) is 11.6. The lowest BCUT2D eigenvalue weighted by molar-refractivity contribution is 0.146. The first kappa shape index (κ1) is 23.7. The van der Waals surface area contributed by atoms with Gasteiger partial charge >= 0.3 is 0 Å². The van der Waals surface area contributed by atoms with Gasteiger partial charge in [-0.1, -0.05) is 24.8 Å². The van der Waals surface area contributed by atoms with E-state index in [0.29, 0.717) is 52.3 Å². The van der Waals surface area contributed by atoms with Gasteiger partial charge in [0.2, 0.25) is 0 Å². The van der Waals surface area contributed by atoms with Crippen molar-refractivity contribution in [3.8, 4) is 29.0 Å². The Kier molecular flexibility index (Phi) is 9.31. The van der Waals surface area contributed by atoms with Gasteiger partial charge < -0.3 is 20.2 Å². The Morgan fingerprint density at radius 1 is 1.26 bits per heavy atom. The number of nitriles is 2. The summed E-state index contributed by atoms with van der Waals surface area (Å²) in [6.07, 6.45) is 4.50. The fraction of sp³-hybridized carbons (Fsp3) is 0.217. The van der Waals surface area contributed by atoms with Crippen LogP contribution >= 0.6 is 11.8 Å². The lowest BCUT2D eigenvalue weighted by Crippen LogP contribution is -2.05. The van der Waals surface area contributed by atoms with Gasteiger partial charge in [0.1, 0.15) is 40.9 Å². The van der Waals surface area contributed by atoms with E-state index in [0.717, 1.165) is 11.1 Å². The summed E-state index contributed by atoms with van der Waals surface area (Å²) in [5, 5.41) is 30.2. The minimum Gasteiger partial charge on any atom is -0.491 e. The molecule has 31 heavy (non-hydrogen) atoms. The van der Waals surface area contributed by atoms with Crippen LogP contribution in [0.3, 0.4) is 0 Å². The number of rotatable bonds is 11. The molecule has 0 unspecified atom stereocenters. The van der Waals surface area contributed by atoms with E-state index < -0.39 is 0 Å². The van der Waals surface area contributed by atoms with Crippen molar-refractivity contribution >= 4 is 23.8 Å². The van der Waals surface area contributed by atoms with E-state index in [2.05, 4.69) is 29.0 Å². The van der Waals surface area contributed by atoms with Crippen LogP contribution in [-0.4, -0.2) is 44.3 Å². The van der Waals surface area contributed by atoms with Gasteiger partial charge in [-0.3, -0.25) is 0 Å². The molecule has 7 nitrogen and oxygen atoms in total. The average molecular weight is 436 g/mol. The largest absolute Gasteiger partial charge is 0.491 e. The van der Waals surface area contributed by atoms with Crippen molar-refractivity contribution < 1.29 is 10.9 Å². The first-order valence-electron chi connectivity index (χ1n) is 9.35. The molecule has 160 valence electrons. The van der Waals surface area contributed by atoms with Crippen LogP contribution in [0.25, 0.3) is 11.1 Å². The zero-order valence-electron chi connectivity index (χ0n) is 17.4. The fourth-order valence-corrected chi connectivity index (χ4v) is 3.57. The molecule has 0 fully saturated rings. The first-order valence-corrected chi connectivity index (χ1v) is 10.3. The van der Waals surface area contributed by atoms with Gasteiger partial charge in [-0.2, -0.15) is 10.5 Å². The second-order valence-corrected chi connectivity index (χ2v) is 7.17. The van der Waals surface area contributed by atoms with E-state index in [1.165, 1.54) is 18.0 Å². The van der Waals surface area contributed by atoms with E-state index in [-0.39, 0.29) is 1.43 Å². The van der Waals surface area contributed by atoms with Gasteiger partial charge in [0, 0.05) is 33.1 Å². The van der Waals surface area contributed by atoms with E-state index in [1.807, 2.05) is 12.1 Å². The lowest BCUT2D eigenvalue weighted by atomic mass is 9.96. The third kappa shape index (κ3) is 6.19. The van der Waals surface area contributed by atoms with Crippen LogP contribution in [0.1, 0.15) is 12.6 Å². The van der Waals surface area contributed by atoms with Crippen molar-refractivity contribution in [1.82, 2.24) is 4.98 Å². The van der Waals surface area contributed by atoms with Crippen LogP contribution in [0.5, 0.6) is 5.75 Å². The Balaban J connectivity index is 0.00000512. The Morgan fingerprint density at radius 3 is 2.55 bits per heavy atom. The lowest BCUT2D eigenvalue weighted by Gasteiger charge is -2.15. The number of benzene rings is 1. The monoisotopic (exact) mass is 435 g/mol. The number of allylic oxidation sites excluding steroid dienone is 2. The van der Waals surface area contributed by atoms with E-state index in [9.17, 15) is 10.5 Å². The van der Waals surface area contributed by atoms with Crippen molar-refractivity contribution in [2.24, 2.45) is 0 Å². The van der Waals surface area contributed by atoms with Crippen LogP contribution in [0, 0.1) is 28.1 Å². The molecule has 0 bridgehead atoms. The van der Waals surface area contributed by atoms with E-state index in [1.54, 1.807) is 38.4 Å². The highest BCUT2D eigenvalue weighted by Crippen LogP contribution is 2.37. The van der Waals surface area contributed by atoms with Gasteiger partial charge in [-0.15, -0.1) is 11.8 Å². The maximum absolute atomic E-state index is 9.91. The number of pyridine rings is 1. The number of nitrogens with zero attached hydrogens (tertiary/aromatic N) is 3. The highest BCUT2D eigenvalue weighted by molar-refractivity contribution is 7.99. The molecule has 0 aliphatic rings. The maximum Gasteiger partial charge on any atom is 0.145 e. The molecular formula is C23H25N5O2S. The summed E-state index contributed by atoms with van der Waals surface area (Å²) in [4.78, 5) is 4.50. The number of nitrogens with one attached hydrogen (secondary N) is 2. The standard InChI is InChI=1S/C23H23N5O2S.H2/c1-16(5-4-10-24)15-31-23-20(14-26)21(19(13-25)22(27-2)28-23)17-6-8-18(9-7-17)30-12-11-29-3;/h4-10,24H,1,11-12,15H2,2-3H3,(H,27,28);1H/b5-4-,24-10?;. The van der Waals surface area contributed by atoms with Crippen LogP contribution in [0.4, 0.5) is 5.82 Å². The molecule has 0 radical (unpaired) electrons. The van der Waals surface area contributed by atoms with Gasteiger partial charge in [0.25, 0.3) is 0 Å². The van der Waals surface area contributed by atoms with Crippen LogP contribution in [0.15, 0.2) is 53.6 Å². The Hall–Kier alpha value is -3.59. The molecule has 0 spiro atoms. The second-order valence-electron chi connectivity index (χ2n) is 6.20. The van der Waals surface area contributed by atoms with E-state index in [4.69, 9.17) is 14.9 Å². The summed E-state index contributed by atoms with van der Waals surface area (Å²) in [6.45, 7) is 4.86. The van der Waals surface area contributed by atoms with Gasteiger partial charge in [-0.25, -0.2) is 4.98 Å². The number of hydrogen-bond acceptors (Lipinski definition) is 8. The number of aromatic nitrogens is 1. The third-order valence-electron chi connectivity index (χ3n) is 4.15. The van der Waals surface area contributed by atoms with Crippen molar-refractivity contribution in [1.29, 1.82) is 15.9 Å². The van der Waals surface area contributed by atoms with Crippen molar-refractivity contribution in [3.05, 3.63) is 59.7 Å². The molecule has 0 amide bonds. The van der Waals surface area contributed by atoms with Gasteiger partial charge in [-0.05, 0) is 29.3 Å². The molecule has 0 aliphatic carbocycles. The Bertz CT molecular complexity index is 1060. The molecule has 1 aromatic heterocycles. The van der Waals surface area contributed by atoms with Crippen LogP contribution < -0.4 is 10.1 Å². The Labute approximate surface area is 188 Å². The molecule has 2 aromatic rings. The van der Waals surface area contributed by atoms with Crippen molar-refractivity contribution in [2.45, 2.75) is 5.03 Å². The fourth-order valence-electron chi connectivity index (χ4n) is 2.70. The zero-order valence-corrected chi connectivity index (χ0v) is 18.3. The second kappa shape index (κ2) is 12.2. The number of thioether (sulfide) groups is 1. The minimum atomic E-state index is 0. The van der Waals surface area contributed by atoms with Crippen molar-refractivity contribution in [3.63, 3.8) is 0 Å². The summed E-state index contributed by atoms with van der Waals surface area (Å²) in [5.74, 6) is 1.57. The highest BCUT2D eigenvalue weighted by Gasteiger charge is 2.21. The predicted molar refractivity (Wildman–Crippen MR) is 126 cm³/mol. The molecule has 0 aliphatic heterocycles. The quantitative estimate of drug-likeness (QED) is 0.228. The van der Waals surface area contributed by atoms with Crippen LogP contribution in [0.2, 0.25) is 0 Å². The molecule has 0 saturated heterocycles. The summed E-state index contributed by atoms with van der Waals surface area (Å²) in [5.41, 5.74) is 2.66. The molecule has 0 atom stereocenters. The molecule has 2 rings (SSSR count). The zero-order chi connectivity index (χ0) is 22.6. The Morgan fingerprint density at radius 2 is 1.97 bits per heavy atom. The van der Waals surface area contributed by atoms with Crippen molar-refractivity contribution in [2.75, 3.05) is 38.4 Å². The average Bonchev–Trinajstić information content (AvgIpc) is 2.80. The third-order valence-corrected chi connectivity index (χ3v) is 5.23. The summed E-state index contributed by atoms with van der Waals surface area (Å²) in [7, 11) is 3.29. The van der Waals surface area contributed by atoms with Gasteiger partial charge in [0.15, 0.2) is 0 Å². The number of anilines is 1. The molecule has 8 heteroatoms. The van der Waals surface area contributed by atoms with E-state index >= 15 is 0 Å². The molecule has 2 N–H and O–H groups in total. The molecule has 1 aromatic carbocycles.